The van der Waals surface area contributed by atoms with Crippen LogP contribution in [0.4, 0.5) is 0 Å². The molecule has 0 unspecified atom stereocenters. The van der Waals surface area contributed by atoms with Crippen LogP contribution in [0.15, 0.2) is 79.0 Å². The molecule has 0 aliphatic carbocycles. The number of rotatable bonds is 1. The van der Waals surface area contributed by atoms with Crippen molar-refractivity contribution >= 4 is 47.9 Å². The molecule has 0 atom stereocenters. The summed E-state index contributed by atoms with van der Waals surface area (Å²) in [4.78, 5) is 6.14. The number of hydrogen-bond donors (Lipinski definition) is 0. The highest BCUT2D eigenvalue weighted by Gasteiger charge is 2.20. The molecule has 0 aliphatic heterocycles. The highest BCUT2D eigenvalue weighted by atomic mass is 32.1. The lowest BCUT2D eigenvalue weighted by Crippen LogP contribution is -2.12. The third kappa shape index (κ3) is 2.52. The first kappa shape index (κ1) is 17.7. The van der Waals surface area contributed by atoms with Crippen LogP contribution >= 0.6 is 11.3 Å². The first-order chi connectivity index (χ1) is 14.5. The SMILES string of the molecule is CC(C)(C)c1cc(-c2ncc3ccc4c5ccccc5sc4n23)cc2ccccc12. The Morgan fingerprint density at radius 2 is 1.57 bits per heavy atom. The zero-order valence-corrected chi connectivity index (χ0v) is 18.1. The van der Waals surface area contributed by atoms with Crippen molar-refractivity contribution in [3.05, 3.63) is 84.6 Å². The number of benzene rings is 3. The Balaban J connectivity index is 1.72. The summed E-state index contributed by atoms with van der Waals surface area (Å²) in [5.74, 6) is 1.01. The van der Waals surface area contributed by atoms with E-state index >= 15 is 0 Å². The summed E-state index contributed by atoms with van der Waals surface area (Å²) in [5.41, 5.74) is 3.71. The van der Waals surface area contributed by atoms with E-state index in [1.807, 2.05) is 17.5 Å². The first-order valence-electron chi connectivity index (χ1n) is 10.3. The van der Waals surface area contributed by atoms with Gasteiger partial charge in [-0.3, -0.25) is 4.40 Å². The van der Waals surface area contributed by atoms with E-state index in [0.29, 0.717) is 0 Å². The van der Waals surface area contributed by atoms with Crippen molar-refractivity contribution in [2.24, 2.45) is 0 Å². The van der Waals surface area contributed by atoms with Crippen LogP contribution in [-0.4, -0.2) is 9.38 Å². The molecule has 3 heteroatoms. The summed E-state index contributed by atoms with van der Waals surface area (Å²) in [6.07, 6.45) is 1.99. The lowest BCUT2D eigenvalue weighted by molar-refractivity contribution is 0.596. The Morgan fingerprint density at radius 3 is 2.40 bits per heavy atom. The number of hydrogen-bond acceptors (Lipinski definition) is 2. The van der Waals surface area contributed by atoms with Crippen molar-refractivity contribution in [3.8, 4) is 11.4 Å². The third-order valence-corrected chi connectivity index (χ3v) is 7.13. The predicted octanol–water partition coefficient (Wildman–Crippen LogP) is 7.82. The molecule has 0 N–H and O–H groups in total. The molecule has 2 nitrogen and oxygen atoms in total. The maximum Gasteiger partial charge on any atom is 0.145 e. The van der Waals surface area contributed by atoms with E-state index in [-0.39, 0.29) is 5.41 Å². The van der Waals surface area contributed by atoms with Gasteiger partial charge in [-0.25, -0.2) is 4.98 Å². The van der Waals surface area contributed by atoms with E-state index in [2.05, 4.69) is 98.0 Å². The Kier molecular flexibility index (Phi) is 3.63. The van der Waals surface area contributed by atoms with E-state index in [4.69, 9.17) is 4.98 Å². The van der Waals surface area contributed by atoms with Crippen molar-refractivity contribution < 1.29 is 0 Å². The summed E-state index contributed by atoms with van der Waals surface area (Å²) < 4.78 is 3.64. The van der Waals surface area contributed by atoms with Crippen LogP contribution in [0.2, 0.25) is 0 Å². The zero-order valence-electron chi connectivity index (χ0n) is 17.3. The number of fused-ring (bicyclic) bond motifs is 6. The summed E-state index contributed by atoms with van der Waals surface area (Å²) in [7, 11) is 0. The highest BCUT2D eigenvalue weighted by Crippen LogP contribution is 2.38. The van der Waals surface area contributed by atoms with Crippen molar-refractivity contribution in [2.75, 3.05) is 0 Å². The van der Waals surface area contributed by atoms with E-state index < -0.39 is 0 Å². The van der Waals surface area contributed by atoms with Gasteiger partial charge in [0.05, 0.1) is 11.7 Å². The van der Waals surface area contributed by atoms with Crippen LogP contribution in [0.3, 0.4) is 0 Å². The number of imidazole rings is 1. The van der Waals surface area contributed by atoms with Gasteiger partial charge in [-0.05, 0) is 52.1 Å². The third-order valence-electron chi connectivity index (χ3n) is 5.96. The standard InChI is InChI=1S/C27H22N2S/c1-27(2,3)23-15-18(14-17-8-4-5-9-20(17)23)25-28-16-19-12-13-22-21-10-6-7-11-24(21)30-26(22)29(19)25/h4-16H,1-3H3. The molecule has 3 aromatic carbocycles. The highest BCUT2D eigenvalue weighted by molar-refractivity contribution is 7.25. The smallest absolute Gasteiger partial charge is 0.145 e. The molecule has 3 heterocycles. The van der Waals surface area contributed by atoms with Crippen LogP contribution in [-0.2, 0) is 5.41 Å². The monoisotopic (exact) mass is 406 g/mol. The van der Waals surface area contributed by atoms with Crippen LogP contribution in [0.25, 0.3) is 48.0 Å². The lowest BCUT2D eigenvalue weighted by Gasteiger charge is -2.22. The summed E-state index contributed by atoms with van der Waals surface area (Å²) in [6, 6.07) is 26.4. The molecule has 0 spiro atoms. The molecular weight excluding hydrogens is 384 g/mol. The van der Waals surface area contributed by atoms with Gasteiger partial charge in [-0.15, -0.1) is 11.3 Å². The van der Waals surface area contributed by atoms with Gasteiger partial charge in [-0.2, -0.15) is 0 Å². The average Bonchev–Trinajstić information content (AvgIpc) is 3.33. The molecule has 6 rings (SSSR count). The number of aromatic nitrogens is 2. The molecule has 0 bridgehead atoms. The van der Waals surface area contributed by atoms with Gasteiger partial charge >= 0.3 is 0 Å². The van der Waals surface area contributed by atoms with Gasteiger partial charge in [0.15, 0.2) is 0 Å². The van der Waals surface area contributed by atoms with Crippen molar-refractivity contribution in [1.82, 2.24) is 9.38 Å². The molecule has 0 radical (unpaired) electrons. The first-order valence-corrected chi connectivity index (χ1v) is 11.1. The van der Waals surface area contributed by atoms with Crippen molar-refractivity contribution in [1.29, 1.82) is 0 Å². The summed E-state index contributed by atoms with van der Waals surface area (Å²) in [5, 5.41) is 5.19. The minimum atomic E-state index is 0.0512. The van der Waals surface area contributed by atoms with Gasteiger partial charge in [-0.1, -0.05) is 63.2 Å². The molecule has 0 saturated carbocycles. The molecule has 30 heavy (non-hydrogen) atoms. The van der Waals surface area contributed by atoms with Gasteiger partial charge in [0.25, 0.3) is 0 Å². The predicted molar refractivity (Wildman–Crippen MR) is 130 cm³/mol. The van der Waals surface area contributed by atoms with Crippen LogP contribution in [0.1, 0.15) is 26.3 Å². The zero-order chi connectivity index (χ0) is 20.5. The molecule has 146 valence electrons. The van der Waals surface area contributed by atoms with Crippen molar-refractivity contribution in [2.45, 2.75) is 26.2 Å². The van der Waals surface area contributed by atoms with Crippen LogP contribution < -0.4 is 0 Å². The minimum Gasteiger partial charge on any atom is -0.283 e. The lowest BCUT2D eigenvalue weighted by atomic mass is 9.82. The van der Waals surface area contributed by atoms with Gasteiger partial charge in [0.1, 0.15) is 10.7 Å². The maximum absolute atomic E-state index is 4.89. The van der Waals surface area contributed by atoms with Crippen molar-refractivity contribution in [3.63, 3.8) is 0 Å². The Labute approximate surface area is 179 Å². The number of pyridine rings is 1. The number of thiophene rings is 1. The van der Waals surface area contributed by atoms with E-state index in [1.54, 1.807) is 0 Å². The quantitative estimate of drug-likeness (QED) is 0.272. The fourth-order valence-corrected chi connectivity index (χ4v) is 5.72. The fourth-order valence-electron chi connectivity index (χ4n) is 4.51. The molecule has 0 saturated heterocycles. The van der Waals surface area contributed by atoms with E-state index in [1.165, 1.54) is 42.2 Å². The molecule has 6 aromatic rings. The second-order valence-electron chi connectivity index (χ2n) is 8.99. The summed E-state index contributed by atoms with van der Waals surface area (Å²) in [6.45, 7) is 6.85. The largest absolute Gasteiger partial charge is 0.283 e. The van der Waals surface area contributed by atoms with E-state index in [0.717, 1.165) is 11.3 Å². The Bertz CT molecular complexity index is 1580. The Hall–Kier alpha value is -3.17. The topological polar surface area (TPSA) is 17.3 Å². The van der Waals surface area contributed by atoms with Gasteiger partial charge in [0.2, 0.25) is 0 Å². The van der Waals surface area contributed by atoms with Crippen LogP contribution in [0, 0.1) is 0 Å². The molecule has 0 fully saturated rings. The second-order valence-corrected chi connectivity index (χ2v) is 10.0. The number of nitrogens with zero attached hydrogens (tertiary/aromatic N) is 2. The maximum atomic E-state index is 4.89. The Morgan fingerprint density at radius 1 is 0.800 bits per heavy atom. The second kappa shape index (κ2) is 6.16. The molecule has 3 aromatic heterocycles. The molecular formula is C27H22N2S. The van der Waals surface area contributed by atoms with E-state index in [9.17, 15) is 0 Å². The summed E-state index contributed by atoms with van der Waals surface area (Å²) >= 11 is 1.84. The average molecular weight is 407 g/mol. The fraction of sp³-hybridized carbons (Fsp3) is 0.148. The normalized spacial score (nSPS) is 12.5. The minimum absolute atomic E-state index is 0.0512. The van der Waals surface area contributed by atoms with Gasteiger partial charge in [0, 0.05) is 21.0 Å². The molecule has 0 amide bonds. The van der Waals surface area contributed by atoms with Crippen LogP contribution in [0.5, 0.6) is 0 Å². The molecule has 0 aliphatic rings. The van der Waals surface area contributed by atoms with Gasteiger partial charge < -0.3 is 0 Å².